The Hall–Kier alpha value is -5.21. The average molecular weight is 750 g/mol. The van der Waals surface area contributed by atoms with Gasteiger partial charge in [0.2, 0.25) is 0 Å². The maximum absolute atomic E-state index is 14.1. The predicted molar refractivity (Wildman–Crippen MR) is 199 cm³/mol. The Morgan fingerprint density at radius 1 is 0.906 bits per heavy atom. The second-order valence-corrected chi connectivity index (χ2v) is 14.2. The van der Waals surface area contributed by atoms with Gasteiger partial charge < -0.3 is 48.7 Å². The number of anilines is 1. The first-order valence-corrected chi connectivity index (χ1v) is 18.1. The Balaban J connectivity index is 1.09. The van der Waals surface area contributed by atoms with Gasteiger partial charge in [-0.1, -0.05) is 24.3 Å². The molecule has 1 aromatic heterocycles. The highest BCUT2D eigenvalue weighted by Gasteiger charge is 2.37. The van der Waals surface area contributed by atoms with Crippen molar-refractivity contribution in [3.63, 3.8) is 0 Å². The van der Waals surface area contributed by atoms with E-state index in [4.69, 9.17) is 35.0 Å². The molecule has 3 heterocycles. The first kappa shape index (κ1) is 37.5. The van der Waals surface area contributed by atoms with Gasteiger partial charge in [-0.05, 0) is 63.0 Å². The van der Waals surface area contributed by atoms with E-state index in [9.17, 15) is 19.2 Å². The van der Waals surface area contributed by atoms with Gasteiger partial charge in [-0.15, -0.1) is 11.6 Å². The summed E-state index contributed by atoms with van der Waals surface area (Å²) in [5.41, 5.74) is 1.42. The summed E-state index contributed by atoms with van der Waals surface area (Å²) in [7, 11) is 2.02. The molecule has 1 fully saturated rings. The summed E-state index contributed by atoms with van der Waals surface area (Å²) in [5.74, 6) is 0.815. The Bertz CT molecular complexity index is 1990. The zero-order valence-electron chi connectivity index (χ0n) is 30.2. The molecule has 3 aromatic carbocycles. The molecule has 0 bridgehead atoms. The summed E-state index contributed by atoms with van der Waals surface area (Å²) < 4.78 is 28.0. The Morgan fingerprint density at radius 2 is 1.62 bits per heavy atom. The predicted octanol–water partition coefficient (Wildman–Crippen LogP) is 5.94. The number of rotatable bonds is 10. The van der Waals surface area contributed by atoms with Crippen LogP contribution in [0.1, 0.15) is 42.8 Å². The van der Waals surface area contributed by atoms with Crippen molar-refractivity contribution in [1.82, 2.24) is 20.4 Å². The highest BCUT2D eigenvalue weighted by Crippen LogP contribution is 2.46. The van der Waals surface area contributed by atoms with Gasteiger partial charge >= 0.3 is 18.3 Å². The number of carbonyl (C=O) groups is 4. The summed E-state index contributed by atoms with van der Waals surface area (Å²) in [5, 5.41) is 7.40. The number of nitrogens with zero attached hydrogens (tertiary/aromatic N) is 3. The number of fused-ring (bicyclic) bond motifs is 4. The molecule has 53 heavy (non-hydrogen) atoms. The molecule has 2 aliphatic heterocycles. The molecule has 1 atom stereocenters. The van der Waals surface area contributed by atoms with Crippen molar-refractivity contribution >= 4 is 63.2 Å². The molecule has 0 unspecified atom stereocenters. The molecule has 4 amide bonds. The molecule has 282 valence electrons. The van der Waals surface area contributed by atoms with Gasteiger partial charge in [0, 0.05) is 61.4 Å². The Kier molecular flexibility index (Phi) is 11.5. The fraction of sp³-hybridized carbons (Fsp3) is 0.421. The lowest BCUT2D eigenvalue weighted by atomic mass is 9.95. The molecule has 1 saturated heterocycles. The number of nitrogens with one attached hydrogen (secondary N) is 2. The first-order valence-electron chi connectivity index (χ1n) is 17.5. The van der Waals surface area contributed by atoms with E-state index in [-0.39, 0.29) is 43.9 Å². The average Bonchev–Trinajstić information content (AvgIpc) is 3.73. The topological polar surface area (TPSA) is 152 Å². The largest absolute Gasteiger partial charge is 0.492 e. The molecule has 6 rings (SSSR count). The Labute approximate surface area is 312 Å². The van der Waals surface area contributed by atoms with Crippen LogP contribution in [0.5, 0.6) is 11.5 Å². The number of amides is 4. The van der Waals surface area contributed by atoms with Crippen LogP contribution in [-0.4, -0.2) is 112 Å². The molecular formula is C38H44ClN5O9. The van der Waals surface area contributed by atoms with Gasteiger partial charge in [0.1, 0.15) is 35.9 Å². The van der Waals surface area contributed by atoms with Crippen LogP contribution in [0.2, 0.25) is 0 Å². The van der Waals surface area contributed by atoms with E-state index in [1.165, 1.54) is 0 Å². The minimum absolute atomic E-state index is 0.0260. The number of piperazine rings is 1. The molecule has 0 radical (unpaired) electrons. The monoisotopic (exact) mass is 749 g/mol. The van der Waals surface area contributed by atoms with Gasteiger partial charge in [-0.2, -0.15) is 0 Å². The third kappa shape index (κ3) is 9.06. The van der Waals surface area contributed by atoms with E-state index in [0.29, 0.717) is 53.7 Å². The summed E-state index contributed by atoms with van der Waals surface area (Å²) in [6.45, 7) is 8.66. The highest BCUT2D eigenvalue weighted by molar-refractivity contribution is 6.19. The standard InChI is InChI=1S/C38H44ClN5O9/c1-38(2,3)53-36(47)41-12-18-50-35(46)40-11-17-49-26-9-10-30-24(19-26)20-32(51-30)34(45)44-23-25(22-39)33-28-8-6-5-7-27(28)31(21-29(33)44)52-37(48)43-15-13-42(4)14-16-43/h5-10,19-21,25H,11-18,22-23H2,1-4H3,(H,40,46)(H,41,47)/t25-/m1/s1. The summed E-state index contributed by atoms with van der Waals surface area (Å²) in [6.07, 6.45) is -1.67. The fourth-order valence-electron chi connectivity index (χ4n) is 6.30. The lowest BCUT2D eigenvalue weighted by molar-refractivity contribution is 0.0511. The van der Waals surface area contributed by atoms with Crippen LogP contribution in [0.25, 0.3) is 21.7 Å². The van der Waals surface area contributed by atoms with Crippen molar-refractivity contribution in [2.75, 3.05) is 76.9 Å². The zero-order valence-corrected chi connectivity index (χ0v) is 31.0. The van der Waals surface area contributed by atoms with Gasteiger partial charge in [0.15, 0.2) is 5.76 Å². The smallest absolute Gasteiger partial charge is 0.415 e. The van der Waals surface area contributed by atoms with Crippen molar-refractivity contribution in [3.8, 4) is 11.5 Å². The van der Waals surface area contributed by atoms with Gasteiger partial charge in [0.25, 0.3) is 5.91 Å². The minimum atomic E-state index is -0.652. The van der Waals surface area contributed by atoms with E-state index in [2.05, 4.69) is 15.5 Å². The van der Waals surface area contributed by atoms with Gasteiger partial charge in [-0.25, -0.2) is 14.4 Å². The van der Waals surface area contributed by atoms with Crippen LogP contribution in [0.15, 0.2) is 59.0 Å². The summed E-state index contributed by atoms with van der Waals surface area (Å²) in [6, 6.07) is 16.3. The third-order valence-electron chi connectivity index (χ3n) is 8.86. The van der Waals surface area contributed by atoms with Crippen LogP contribution in [0, 0.1) is 0 Å². The maximum atomic E-state index is 14.1. The normalized spacial score (nSPS) is 16.0. The van der Waals surface area contributed by atoms with Crippen LogP contribution in [0.4, 0.5) is 20.1 Å². The third-order valence-corrected chi connectivity index (χ3v) is 9.23. The SMILES string of the molecule is CN1CCN(C(=O)Oc2cc3c(c4ccccc24)[C@H](CCl)CN3C(=O)c2cc3cc(OCCNC(=O)OCCNC(=O)OC(C)(C)C)ccc3o2)CC1. The number of carbonyl (C=O) groups excluding carboxylic acids is 4. The lowest BCUT2D eigenvalue weighted by Gasteiger charge is -2.31. The molecule has 14 nitrogen and oxygen atoms in total. The van der Waals surface area contributed by atoms with E-state index in [0.717, 1.165) is 29.4 Å². The second-order valence-electron chi connectivity index (χ2n) is 13.9. The van der Waals surface area contributed by atoms with Crippen LogP contribution < -0.4 is 25.0 Å². The molecular weight excluding hydrogens is 706 g/mol. The van der Waals surface area contributed by atoms with E-state index < -0.39 is 23.9 Å². The van der Waals surface area contributed by atoms with Crippen LogP contribution in [0.3, 0.4) is 0 Å². The van der Waals surface area contributed by atoms with Crippen molar-refractivity contribution < 1.29 is 42.5 Å². The number of hydrogen-bond donors (Lipinski definition) is 2. The maximum Gasteiger partial charge on any atom is 0.415 e. The Morgan fingerprint density at radius 3 is 2.36 bits per heavy atom. The first-order chi connectivity index (χ1) is 25.4. The number of ether oxygens (including phenoxy) is 4. The van der Waals surface area contributed by atoms with Crippen molar-refractivity contribution in [2.45, 2.75) is 32.3 Å². The molecule has 2 aliphatic rings. The fourth-order valence-corrected chi connectivity index (χ4v) is 6.55. The van der Waals surface area contributed by atoms with Crippen LogP contribution >= 0.6 is 11.6 Å². The molecule has 2 N–H and O–H groups in total. The highest BCUT2D eigenvalue weighted by atomic mass is 35.5. The van der Waals surface area contributed by atoms with Crippen molar-refractivity contribution in [1.29, 1.82) is 0 Å². The van der Waals surface area contributed by atoms with Crippen LogP contribution in [-0.2, 0) is 9.47 Å². The number of alkyl carbamates (subject to hydrolysis) is 2. The van der Waals surface area contributed by atoms with E-state index in [1.54, 1.807) is 60.9 Å². The number of furan rings is 1. The van der Waals surface area contributed by atoms with E-state index in [1.807, 2.05) is 31.3 Å². The quantitative estimate of drug-likeness (QED) is 0.147. The number of likely N-dealkylation sites (N-methyl/N-ethyl adjacent to an activating group) is 1. The molecule has 0 aliphatic carbocycles. The van der Waals surface area contributed by atoms with Crippen molar-refractivity contribution in [3.05, 3.63) is 65.9 Å². The molecule has 4 aromatic rings. The molecule has 0 spiro atoms. The summed E-state index contributed by atoms with van der Waals surface area (Å²) >= 11 is 6.48. The lowest BCUT2D eigenvalue weighted by Crippen LogP contribution is -2.48. The van der Waals surface area contributed by atoms with Gasteiger partial charge in [-0.3, -0.25) is 4.79 Å². The second kappa shape index (κ2) is 16.2. The number of benzene rings is 3. The van der Waals surface area contributed by atoms with E-state index >= 15 is 0 Å². The zero-order chi connectivity index (χ0) is 37.7. The van der Waals surface area contributed by atoms with Gasteiger partial charge in [0.05, 0.1) is 18.8 Å². The number of halogens is 1. The molecule has 15 heteroatoms. The minimum Gasteiger partial charge on any atom is -0.492 e. The molecule has 0 saturated carbocycles. The van der Waals surface area contributed by atoms with Crippen molar-refractivity contribution in [2.24, 2.45) is 0 Å². The summed E-state index contributed by atoms with van der Waals surface area (Å²) in [4.78, 5) is 56.5. The number of hydrogen-bond acceptors (Lipinski definition) is 10. The number of alkyl halides is 1.